The van der Waals surface area contributed by atoms with Gasteiger partial charge in [0.05, 0.1) is 0 Å². The lowest BCUT2D eigenvalue weighted by Crippen LogP contribution is -2.31. The Morgan fingerprint density at radius 3 is 2.54 bits per heavy atom. The van der Waals surface area contributed by atoms with Crippen LogP contribution in [0.25, 0.3) is 0 Å². The van der Waals surface area contributed by atoms with Crippen LogP contribution in [0.15, 0.2) is 4.99 Å². The Bertz CT molecular complexity index is 202. The Balaban J connectivity index is 4.52. The summed E-state index contributed by atoms with van der Waals surface area (Å²) < 4.78 is 4.26. The van der Waals surface area contributed by atoms with Crippen LogP contribution in [0.5, 0.6) is 0 Å². The molecule has 0 heterocycles. The van der Waals surface area contributed by atoms with Crippen LogP contribution in [0.3, 0.4) is 0 Å². The van der Waals surface area contributed by atoms with Crippen LogP contribution in [-0.2, 0) is 9.53 Å². The van der Waals surface area contributed by atoms with Gasteiger partial charge in [-0.15, -0.1) is 0 Å². The number of hydrogen-bond acceptors (Lipinski definition) is 4. The lowest BCUT2D eigenvalue weighted by molar-refractivity contribution is -0.248. The van der Waals surface area contributed by atoms with Gasteiger partial charge in [-0.3, -0.25) is 4.99 Å². The molecule has 0 spiro atoms. The number of carbonyl (C=O) groups is 1. The van der Waals surface area contributed by atoms with Gasteiger partial charge >= 0.3 is 5.97 Å². The maximum atomic E-state index is 10.7. The number of carboxylic acids is 1. The monoisotopic (exact) mass is 188 g/mol. The van der Waals surface area contributed by atoms with Crippen molar-refractivity contribution in [1.82, 2.24) is 0 Å². The molecule has 0 bridgehead atoms. The van der Waals surface area contributed by atoms with Crippen molar-refractivity contribution in [3.05, 3.63) is 0 Å². The number of hydrogen-bond donors (Lipinski definition) is 1. The van der Waals surface area contributed by atoms with Gasteiger partial charge < -0.3 is 14.9 Å². The molecule has 0 aromatic rings. The van der Waals surface area contributed by atoms with Crippen molar-refractivity contribution in [1.29, 1.82) is 0 Å². The molecule has 0 aliphatic rings. The molecule has 0 saturated carbocycles. The second kappa shape index (κ2) is 5.40. The minimum atomic E-state index is -1.10. The van der Waals surface area contributed by atoms with E-state index in [9.17, 15) is 9.90 Å². The average Bonchev–Trinajstić information content (AvgIpc) is 2.11. The highest BCUT2D eigenvalue weighted by Crippen LogP contribution is 2.11. The largest absolute Gasteiger partial charge is 0.604 e. The Hall–Kier alpha value is -1.26. The number of aliphatic imine (C=N–C) groups is 1. The Labute approximate surface area is 77.1 Å². The van der Waals surface area contributed by atoms with Gasteiger partial charge in [-0.2, -0.15) is 0 Å². The summed E-state index contributed by atoms with van der Waals surface area (Å²) in [6.07, 6.45) is -0.190. The summed E-state index contributed by atoms with van der Waals surface area (Å²) in [5, 5.41) is 19.4. The molecule has 0 amide bonds. The van der Waals surface area contributed by atoms with Crippen molar-refractivity contribution in [2.75, 3.05) is 7.11 Å². The summed E-state index contributed by atoms with van der Waals surface area (Å²) in [5.41, 5.74) is 0. The molecule has 13 heavy (non-hydrogen) atoms. The van der Waals surface area contributed by atoms with Gasteiger partial charge in [0.2, 0.25) is 0 Å². The fraction of sp³-hybridized carbons (Fsp3) is 0.750. The fourth-order valence-corrected chi connectivity index (χ4v) is 0.815. The Kier molecular flexibility index (Phi) is 4.87. The van der Waals surface area contributed by atoms with Gasteiger partial charge in [-0.1, -0.05) is 20.3 Å². The van der Waals surface area contributed by atoms with E-state index in [1.807, 2.05) is 6.92 Å². The highest BCUT2D eigenvalue weighted by Gasteiger charge is 2.22. The topological polar surface area (TPSA) is 82.0 Å². The van der Waals surface area contributed by atoms with E-state index in [-0.39, 0.29) is 5.92 Å². The number of rotatable bonds is 4. The quantitative estimate of drug-likeness (QED) is 0.491. The molecule has 5 nitrogen and oxygen atoms in total. The Morgan fingerprint density at radius 2 is 2.23 bits per heavy atom. The molecular formula is C8H14NO4-. The van der Waals surface area contributed by atoms with E-state index in [1.165, 1.54) is 7.11 Å². The van der Waals surface area contributed by atoms with Crippen LogP contribution in [-0.4, -0.2) is 30.3 Å². The number of nitrogens with zero attached hydrogens (tertiary/aromatic N) is 1. The summed E-state index contributed by atoms with van der Waals surface area (Å²) in [7, 11) is 1.17. The van der Waals surface area contributed by atoms with Gasteiger partial charge in [-0.05, 0) is 13.0 Å². The molecule has 0 aromatic carbocycles. The van der Waals surface area contributed by atoms with E-state index in [2.05, 4.69) is 9.73 Å². The summed E-state index contributed by atoms with van der Waals surface area (Å²) in [4.78, 5) is 14.1. The van der Waals surface area contributed by atoms with Gasteiger partial charge in [0.15, 0.2) is 6.04 Å². The molecule has 1 unspecified atom stereocenters. The van der Waals surface area contributed by atoms with Crippen molar-refractivity contribution in [2.45, 2.75) is 26.3 Å². The lowest BCUT2D eigenvalue weighted by Gasteiger charge is -2.17. The van der Waals surface area contributed by atoms with Crippen molar-refractivity contribution < 1.29 is 19.7 Å². The number of carboxylic acid groups (broad SMARTS) is 1. The molecule has 0 saturated heterocycles. The first-order chi connectivity index (χ1) is 6.02. The zero-order valence-corrected chi connectivity index (χ0v) is 7.98. The summed E-state index contributed by atoms with van der Waals surface area (Å²) in [6.45, 7) is 3.57. The summed E-state index contributed by atoms with van der Waals surface area (Å²) in [5.74, 6) is -1.27. The first-order valence-electron chi connectivity index (χ1n) is 4.04. The second-order valence-corrected chi connectivity index (χ2v) is 2.77. The molecule has 0 aromatic heterocycles. The van der Waals surface area contributed by atoms with E-state index in [0.29, 0.717) is 6.42 Å². The van der Waals surface area contributed by atoms with Crippen molar-refractivity contribution in [3.63, 3.8) is 0 Å². The SMILES string of the molecule is CC[C@H](C)C(N=C([O-])OC)C(=O)O. The minimum Gasteiger partial charge on any atom is -0.604 e. The molecule has 5 heteroatoms. The third-order valence-electron chi connectivity index (χ3n) is 1.86. The average molecular weight is 188 g/mol. The second-order valence-electron chi connectivity index (χ2n) is 2.77. The van der Waals surface area contributed by atoms with Gasteiger partial charge in [-0.25, -0.2) is 4.79 Å². The minimum absolute atomic E-state index is 0.170. The highest BCUT2D eigenvalue weighted by molar-refractivity contribution is 5.77. The molecule has 2 atom stereocenters. The molecule has 0 fully saturated rings. The molecule has 0 aliphatic carbocycles. The van der Waals surface area contributed by atoms with Crippen LogP contribution in [0.1, 0.15) is 20.3 Å². The fourth-order valence-electron chi connectivity index (χ4n) is 0.815. The standard InChI is InChI=1S/C8H15NO4/c1-4-5(2)6(7(10)11)9-8(12)13-3/h5-6H,4H2,1-3H3,(H,9,12)(H,10,11)/p-1/t5-,6?/m0/s1. The molecule has 76 valence electrons. The highest BCUT2D eigenvalue weighted by atomic mass is 16.6. The molecule has 0 aliphatic heterocycles. The molecule has 1 N–H and O–H groups in total. The van der Waals surface area contributed by atoms with E-state index in [4.69, 9.17) is 5.11 Å². The first-order valence-corrected chi connectivity index (χ1v) is 4.04. The summed E-state index contributed by atoms with van der Waals surface area (Å²) >= 11 is 0. The summed E-state index contributed by atoms with van der Waals surface area (Å²) in [6, 6.07) is -1.00. The van der Waals surface area contributed by atoms with Crippen LogP contribution < -0.4 is 5.11 Å². The predicted octanol–water partition coefficient (Wildman–Crippen LogP) is -0.152. The van der Waals surface area contributed by atoms with Crippen molar-refractivity contribution in [3.8, 4) is 0 Å². The van der Waals surface area contributed by atoms with E-state index in [1.54, 1.807) is 6.92 Å². The van der Waals surface area contributed by atoms with Gasteiger partial charge in [0.1, 0.15) is 6.08 Å². The maximum Gasteiger partial charge on any atom is 0.328 e. The zero-order chi connectivity index (χ0) is 10.4. The third-order valence-corrected chi connectivity index (χ3v) is 1.86. The van der Waals surface area contributed by atoms with Gasteiger partial charge in [0, 0.05) is 0 Å². The normalized spacial score (nSPS) is 16.4. The number of ether oxygens (including phenoxy) is 1. The van der Waals surface area contributed by atoms with E-state index >= 15 is 0 Å². The maximum absolute atomic E-state index is 10.7. The van der Waals surface area contributed by atoms with E-state index in [0.717, 1.165) is 0 Å². The molecule has 0 rings (SSSR count). The van der Waals surface area contributed by atoms with Crippen LogP contribution in [0.4, 0.5) is 0 Å². The zero-order valence-electron chi connectivity index (χ0n) is 7.98. The number of methoxy groups -OCH3 is 1. The third kappa shape index (κ3) is 3.78. The van der Waals surface area contributed by atoms with E-state index < -0.39 is 18.1 Å². The van der Waals surface area contributed by atoms with Crippen LogP contribution in [0, 0.1) is 5.92 Å². The van der Waals surface area contributed by atoms with Crippen LogP contribution >= 0.6 is 0 Å². The predicted molar refractivity (Wildman–Crippen MR) is 45.3 cm³/mol. The lowest BCUT2D eigenvalue weighted by atomic mass is 10.0. The van der Waals surface area contributed by atoms with Crippen molar-refractivity contribution in [2.24, 2.45) is 10.9 Å². The first kappa shape index (κ1) is 11.7. The van der Waals surface area contributed by atoms with Crippen molar-refractivity contribution >= 4 is 12.1 Å². The smallest absolute Gasteiger partial charge is 0.328 e. The van der Waals surface area contributed by atoms with Crippen LogP contribution in [0.2, 0.25) is 0 Å². The molecular weight excluding hydrogens is 174 g/mol. The number of aliphatic carboxylic acids is 1. The Morgan fingerprint density at radius 1 is 1.69 bits per heavy atom. The molecule has 0 radical (unpaired) electrons. The van der Waals surface area contributed by atoms with Gasteiger partial charge in [0.25, 0.3) is 0 Å².